The van der Waals surface area contributed by atoms with Crippen LogP contribution >= 0.6 is 39.9 Å². The van der Waals surface area contributed by atoms with Gasteiger partial charge in [0.05, 0.1) is 19.3 Å². The zero-order chi connectivity index (χ0) is 19.2. The van der Waals surface area contributed by atoms with Gasteiger partial charge in [-0.2, -0.15) is 5.10 Å². The lowest BCUT2D eigenvalue weighted by Crippen LogP contribution is -2.48. The Morgan fingerprint density at radius 3 is 2.96 bits per heavy atom. The molecule has 0 bridgehead atoms. The van der Waals surface area contributed by atoms with Crippen LogP contribution in [0.2, 0.25) is 0 Å². The normalized spacial score (nSPS) is 17.4. The average Bonchev–Trinajstić information content (AvgIpc) is 3.10. The van der Waals surface area contributed by atoms with Crippen molar-refractivity contribution in [2.24, 2.45) is 12.0 Å². The second kappa shape index (κ2) is 11.1. The third-order valence-electron chi connectivity index (χ3n) is 4.60. The van der Waals surface area contributed by atoms with Gasteiger partial charge in [-0.1, -0.05) is 22.0 Å². The second-order valence-corrected chi connectivity index (χ2v) is 7.48. The second-order valence-electron chi connectivity index (χ2n) is 6.57. The molecule has 1 saturated heterocycles. The average molecular weight is 566 g/mol. The van der Waals surface area contributed by atoms with Gasteiger partial charge in [0.1, 0.15) is 11.9 Å². The van der Waals surface area contributed by atoms with Crippen LogP contribution in [-0.2, 0) is 18.2 Å². The van der Waals surface area contributed by atoms with E-state index in [2.05, 4.69) is 36.2 Å². The highest BCUT2D eigenvalue weighted by molar-refractivity contribution is 14.0. The number of morpholine rings is 1. The number of ether oxygens (including phenoxy) is 1. The van der Waals surface area contributed by atoms with Crippen molar-refractivity contribution in [1.29, 1.82) is 0 Å². The molecule has 0 radical (unpaired) electrons. The minimum Gasteiger partial charge on any atom is -0.370 e. The molecular weight excluding hydrogens is 540 g/mol. The highest BCUT2D eigenvalue weighted by Crippen LogP contribution is 2.21. The summed E-state index contributed by atoms with van der Waals surface area (Å²) >= 11 is 3.28. The van der Waals surface area contributed by atoms with Gasteiger partial charge in [0.25, 0.3) is 0 Å². The Kier molecular flexibility index (Phi) is 9.16. The summed E-state index contributed by atoms with van der Waals surface area (Å²) in [5.41, 5.74) is 1.81. The summed E-state index contributed by atoms with van der Waals surface area (Å²) in [5.74, 6) is 0.685. The fourth-order valence-corrected chi connectivity index (χ4v) is 3.52. The van der Waals surface area contributed by atoms with Gasteiger partial charge in [0.15, 0.2) is 5.96 Å². The third kappa shape index (κ3) is 6.15. The molecular formula is C19H26BrFIN5O. The monoisotopic (exact) mass is 565 g/mol. The summed E-state index contributed by atoms with van der Waals surface area (Å²) in [4.78, 5) is 6.59. The minimum absolute atomic E-state index is 0. The van der Waals surface area contributed by atoms with Crippen molar-refractivity contribution in [2.75, 3.05) is 33.3 Å². The Labute approximate surface area is 190 Å². The van der Waals surface area contributed by atoms with Gasteiger partial charge >= 0.3 is 0 Å². The van der Waals surface area contributed by atoms with Gasteiger partial charge < -0.3 is 15.0 Å². The predicted molar refractivity (Wildman–Crippen MR) is 123 cm³/mol. The number of hydrogen-bond donors (Lipinski definition) is 1. The molecule has 0 aliphatic carbocycles. The van der Waals surface area contributed by atoms with Crippen molar-refractivity contribution < 1.29 is 9.13 Å². The molecule has 6 nitrogen and oxygen atoms in total. The zero-order valence-electron chi connectivity index (χ0n) is 16.1. The van der Waals surface area contributed by atoms with Gasteiger partial charge in [-0.15, -0.1) is 24.0 Å². The number of aryl methyl sites for hydroxylation is 2. The molecule has 0 saturated carbocycles. The van der Waals surface area contributed by atoms with Crippen LogP contribution < -0.4 is 5.32 Å². The van der Waals surface area contributed by atoms with E-state index in [1.807, 2.05) is 31.6 Å². The number of guanidine groups is 1. The molecule has 1 aromatic heterocycles. The van der Waals surface area contributed by atoms with Crippen LogP contribution in [0, 0.1) is 5.82 Å². The number of hydrogen-bond acceptors (Lipinski definition) is 3. The van der Waals surface area contributed by atoms with Crippen LogP contribution in [0.4, 0.5) is 4.39 Å². The molecule has 3 rings (SSSR count). The Hall–Kier alpha value is -1.20. The van der Waals surface area contributed by atoms with Crippen LogP contribution in [0.1, 0.15) is 23.7 Å². The first-order valence-electron chi connectivity index (χ1n) is 9.06. The van der Waals surface area contributed by atoms with E-state index >= 15 is 0 Å². The first-order valence-corrected chi connectivity index (χ1v) is 9.86. The van der Waals surface area contributed by atoms with Gasteiger partial charge in [0, 0.05) is 43.4 Å². The van der Waals surface area contributed by atoms with Crippen LogP contribution in [0.25, 0.3) is 0 Å². The fraction of sp³-hybridized carbons (Fsp3) is 0.474. The molecule has 1 aliphatic rings. The maximum Gasteiger partial charge on any atom is 0.193 e. The van der Waals surface area contributed by atoms with Crippen molar-refractivity contribution in [3.63, 3.8) is 0 Å². The van der Waals surface area contributed by atoms with Gasteiger partial charge in [-0.05, 0) is 30.5 Å². The molecule has 1 atom stereocenters. The van der Waals surface area contributed by atoms with Crippen LogP contribution in [0.5, 0.6) is 0 Å². The Bertz CT molecular complexity index is 800. The lowest BCUT2D eigenvalue weighted by atomic mass is 10.1. The number of aromatic nitrogens is 2. The molecule has 1 aliphatic heterocycles. The van der Waals surface area contributed by atoms with Gasteiger partial charge in [0.2, 0.25) is 0 Å². The lowest BCUT2D eigenvalue weighted by Gasteiger charge is -2.34. The summed E-state index contributed by atoms with van der Waals surface area (Å²) in [6.45, 7) is 2.89. The van der Waals surface area contributed by atoms with Crippen LogP contribution in [0.3, 0.4) is 0 Å². The maximum atomic E-state index is 13.9. The molecule has 0 amide bonds. The summed E-state index contributed by atoms with van der Waals surface area (Å²) in [6.07, 6.45) is 5.33. The number of nitrogens with zero attached hydrogens (tertiary/aromatic N) is 4. The number of benzene rings is 1. The number of rotatable bonds is 5. The van der Waals surface area contributed by atoms with Gasteiger partial charge in [-0.25, -0.2) is 4.39 Å². The van der Waals surface area contributed by atoms with Crippen molar-refractivity contribution in [1.82, 2.24) is 20.0 Å². The molecule has 0 spiro atoms. The first-order chi connectivity index (χ1) is 13.1. The fourth-order valence-electron chi connectivity index (χ4n) is 3.19. The number of aliphatic imine (C=N–C) groups is 1. The molecule has 28 heavy (non-hydrogen) atoms. The molecule has 154 valence electrons. The quantitative estimate of drug-likeness (QED) is 0.261. The van der Waals surface area contributed by atoms with Gasteiger partial charge in [-0.3, -0.25) is 9.67 Å². The summed E-state index contributed by atoms with van der Waals surface area (Å²) < 4.78 is 22.3. The Morgan fingerprint density at radius 1 is 1.46 bits per heavy atom. The van der Waals surface area contributed by atoms with E-state index in [1.165, 1.54) is 6.07 Å². The van der Waals surface area contributed by atoms with E-state index in [0.717, 1.165) is 47.6 Å². The van der Waals surface area contributed by atoms with E-state index < -0.39 is 0 Å². The smallest absolute Gasteiger partial charge is 0.193 e. The Balaban J connectivity index is 0.00000280. The predicted octanol–water partition coefficient (Wildman–Crippen LogP) is 3.52. The van der Waals surface area contributed by atoms with Crippen LogP contribution in [-0.4, -0.2) is 53.9 Å². The highest BCUT2D eigenvalue weighted by Gasteiger charge is 2.25. The molecule has 2 aromatic rings. The molecule has 1 unspecified atom stereocenters. The largest absolute Gasteiger partial charge is 0.370 e. The lowest BCUT2D eigenvalue weighted by molar-refractivity contribution is -0.00801. The first kappa shape index (κ1) is 23.1. The summed E-state index contributed by atoms with van der Waals surface area (Å²) in [5, 5.41) is 7.61. The van der Waals surface area contributed by atoms with E-state index in [4.69, 9.17) is 4.74 Å². The SMILES string of the molecule is CN=C(NCCCc1ccc(Br)cc1F)N1CCOC(c2cnn(C)c2)C1.I. The van der Waals surface area contributed by atoms with E-state index in [-0.39, 0.29) is 35.9 Å². The highest BCUT2D eigenvalue weighted by atomic mass is 127. The molecule has 1 N–H and O–H groups in total. The van der Waals surface area contributed by atoms with Crippen molar-refractivity contribution in [2.45, 2.75) is 18.9 Å². The molecule has 9 heteroatoms. The molecule has 1 aromatic carbocycles. The standard InChI is InChI=1S/C19H25BrFN5O.HI/c1-22-19(23-7-3-4-14-5-6-16(20)10-17(14)21)26-8-9-27-18(13-26)15-11-24-25(2)12-15;/h5-6,10-12,18H,3-4,7-9,13H2,1-2H3,(H,22,23);1H. The third-order valence-corrected chi connectivity index (χ3v) is 5.09. The molecule has 1 fully saturated rings. The summed E-state index contributed by atoms with van der Waals surface area (Å²) in [7, 11) is 3.68. The maximum absolute atomic E-state index is 13.9. The van der Waals surface area contributed by atoms with E-state index in [1.54, 1.807) is 11.7 Å². The van der Waals surface area contributed by atoms with E-state index in [0.29, 0.717) is 13.0 Å². The number of nitrogens with one attached hydrogen (secondary N) is 1. The van der Waals surface area contributed by atoms with Crippen molar-refractivity contribution >= 4 is 45.9 Å². The van der Waals surface area contributed by atoms with Crippen molar-refractivity contribution in [3.8, 4) is 0 Å². The topological polar surface area (TPSA) is 54.7 Å². The van der Waals surface area contributed by atoms with Crippen LogP contribution in [0.15, 0.2) is 40.1 Å². The number of halogens is 3. The Morgan fingerprint density at radius 2 is 2.29 bits per heavy atom. The van der Waals surface area contributed by atoms with E-state index in [9.17, 15) is 4.39 Å². The minimum atomic E-state index is -0.166. The molecule has 2 heterocycles. The summed E-state index contributed by atoms with van der Waals surface area (Å²) in [6, 6.07) is 5.21. The zero-order valence-corrected chi connectivity index (χ0v) is 20.0. The van der Waals surface area contributed by atoms with Crippen molar-refractivity contribution in [3.05, 3.63) is 52.0 Å².